The van der Waals surface area contributed by atoms with Crippen molar-refractivity contribution in [1.29, 1.82) is 0 Å². The highest BCUT2D eigenvalue weighted by Crippen LogP contribution is 2.46. The van der Waals surface area contributed by atoms with Gasteiger partial charge in [-0.15, -0.1) is 10.2 Å². The van der Waals surface area contributed by atoms with E-state index in [1.165, 1.54) is 6.42 Å². The highest BCUT2D eigenvalue weighted by Gasteiger charge is 2.53. The van der Waals surface area contributed by atoms with Crippen molar-refractivity contribution in [2.75, 3.05) is 13.6 Å². The molecule has 0 atom stereocenters. The molecule has 1 aromatic rings. The van der Waals surface area contributed by atoms with Crippen molar-refractivity contribution in [3.63, 3.8) is 0 Å². The van der Waals surface area contributed by atoms with Crippen molar-refractivity contribution < 1.29 is 0 Å². The van der Waals surface area contributed by atoms with Gasteiger partial charge in [-0.25, -0.2) is 0 Å². The number of hydrogen-bond donors (Lipinski definition) is 1. The quantitative estimate of drug-likeness (QED) is 0.661. The molecule has 0 unspecified atom stereocenters. The summed E-state index contributed by atoms with van der Waals surface area (Å²) in [6.07, 6.45) is 2.23. The number of nitrogens with zero attached hydrogens (tertiary/aromatic N) is 5. The molecule has 0 radical (unpaired) electrons. The number of guanidine groups is 1. The summed E-state index contributed by atoms with van der Waals surface area (Å²) in [7, 11) is 1.85. The molecule has 0 saturated carbocycles. The number of nitrogens with one attached hydrogen (secondary N) is 1. The van der Waals surface area contributed by atoms with Crippen molar-refractivity contribution in [3.8, 4) is 0 Å². The van der Waals surface area contributed by atoms with Gasteiger partial charge in [0.15, 0.2) is 11.8 Å². The van der Waals surface area contributed by atoms with Crippen LogP contribution in [-0.4, -0.2) is 44.8 Å². The molecule has 2 aliphatic rings. The van der Waals surface area contributed by atoms with Gasteiger partial charge < -0.3 is 14.8 Å². The van der Waals surface area contributed by atoms with E-state index in [1.807, 2.05) is 7.05 Å². The van der Waals surface area contributed by atoms with Crippen LogP contribution in [0.15, 0.2) is 4.99 Å². The lowest BCUT2D eigenvalue weighted by Gasteiger charge is -2.62. The van der Waals surface area contributed by atoms with Gasteiger partial charge in [0.05, 0.1) is 6.54 Å². The Kier molecular flexibility index (Phi) is 3.22. The number of aromatic nitrogens is 3. The van der Waals surface area contributed by atoms with Crippen molar-refractivity contribution in [3.05, 3.63) is 11.6 Å². The Morgan fingerprint density at radius 1 is 1.29 bits per heavy atom. The van der Waals surface area contributed by atoms with Crippen molar-refractivity contribution in [1.82, 2.24) is 25.0 Å². The zero-order valence-corrected chi connectivity index (χ0v) is 13.8. The fourth-order valence-corrected chi connectivity index (χ4v) is 3.19. The summed E-state index contributed by atoms with van der Waals surface area (Å²) in [5.41, 5.74) is 0.419. The van der Waals surface area contributed by atoms with Crippen LogP contribution in [0.1, 0.15) is 45.8 Å². The van der Waals surface area contributed by atoms with E-state index >= 15 is 0 Å². The molecule has 1 saturated heterocycles. The minimum atomic E-state index is 0.113. The number of aliphatic imine (C=N–C) groups is 1. The third-order valence-corrected chi connectivity index (χ3v) is 5.44. The van der Waals surface area contributed by atoms with Gasteiger partial charge in [-0.05, 0) is 20.3 Å². The monoisotopic (exact) mass is 290 g/mol. The maximum Gasteiger partial charge on any atom is 0.194 e. The smallest absolute Gasteiger partial charge is 0.194 e. The minimum Gasteiger partial charge on any atom is -0.349 e. The summed E-state index contributed by atoms with van der Waals surface area (Å²) in [6, 6.07) is 0. The highest BCUT2D eigenvalue weighted by molar-refractivity contribution is 5.81. The normalized spacial score (nSPS) is 22.9. The van der Waals surface area contributed by atoms with Gasteiger partial charge in [-0.1, -0.05) is 13.8 Å². The van der Waals surface area contributed by atoms with E-state index in [4.69, 9.17) is 0 Å². The number of rotatable bonds is 2. The fraction of sp³-hybridized carbons (Fsp3) is 0.800. The van der Waals surface area contributed by atoms with Gasteiger partial charge in [-0.2, -0.15) is 0 Å². The number of fused-ring (bicyclic) bond motifs is 1. The SMILES string of the molecule is CN=C(NCc1nnc2n1CCC2)N1CC(C)(C)C1(C)C. The topological polar surface area (TPSA) is 58.3 Å². The van der Waals surface area contributed by atoms with Crippen LogP contribution in [0.25, 0.3) is 0 Å². The minimum absolute atomic E-state index is 0.113. The molecule has 0 bridgehead atoms. The molecule has 0 aromatic carbocycles. The predicted molar refractivity (Wildman–Crippen MR) is 83.1 cm³/mol. The standard InChI is InChI=1S/C15H26N6/c1-14(2)10-21(15(14,3)4)13(16-5)17-9-12-19-18-11-7-6-8-20(11)12/h6-10H2,1-5H3,(H,16,17). The predicted octanol–water partition coefficient (Wildman–Crippen LogP) is 1.42. The highest BCUT2D eigenvalue weighted by atomic mass is 15.4. The molecule has 1 N–H and O–H groups in total. The van der Waals surface area contributed by atoms with Crippen LogP contribution in [0, 0.1) is 5.41 Å². The van der Waals surface area contributed by atoms with E-state index in [1.54, 1.807) is 0 Å². The summed E-state index contributed by atoms with van der Waals surface area (Å²) < 4.78 is 2.23. The fourth-order valence-electron chi connectivity index (χ4n) is 3.19. The van der Waals surface area contributed by atoms with Crippen LogP contribution >= 0.6 is 0 Å². The molecule has 1 aromatic heterocycles. The Bertz CT molecular complexity index is 569. The summed E-state index contributed by atoms with van der Waals surface area (Å²) in [5, 5.41) is 12.0. The Labute approximate surface area is 126 Å². The zero-order valence-electron chi connectivity index (χ0n) is 13.8. The Morgan fingerprint density at radius 2 is 2.05 bits per heavy atom. The van der Waals surface area contributed by atoms with Gasteiger partial charge in [0, 0.05) is 37.5 Å². The number of likely N-dealkylation sites (tertiary alicyclic amines) is 1. The molecule has 1 fully saturated rings. The summed E-state index contributed by atoms with van der Waals surface area (Å²) >= 11 is 0. The largest absolute Gasteiger partial charge is 0.349 e. The van der Waals surface area contributed by atoms with Crippen molar-refractivity contribution >= 4 is 5.96 Å². The first kappa shape index (κ1) is 14.4. The van der Waals surface area contributed by atoms with E-state index in [2.05, 4.69) is 57.7 Å². The average Bonchev–Trinajstić information content (AvgIpc) is 3.02. The third-order valence-electron chi connectivity index (χ3n) is 5.44. The lowest BCUT2D eigenvalue weighted by molar-refractivity contribution is -0.0668. The van der Waals surface area contributed by atoms with E-state index < -0.39 is 0 Å². The van der Waals surface area contributed by atoms with Crippen LogP contribution in [0.2, 0.25) is 0 Å². The number of aryl methyl sites for hydroxylation is 1. The van der Waals surface area contributed by atoms with E-state index in [9.17, 15) is 0 Å². The lowest BCUT2D eigenvalue weighted by atomic mass is 9.65. The lowest BCUT2D eigenvalue weighted by Crippen LogP contribution is -2.72. The van der Waals surface area contributed by atoms with Crippen LogP contribution in [0.3, 0.4) is 0 Å². The number of hydrogen-bond acceptors (Lipinski definition) is 3. The zero-order chi connectivity index (χ0) is 15.3. The van der Waals surface area contributed by atoms with Gasteiger partial charge in [0.2, 0.25) is 0 Å². The first-order valence-corrected chi connectivity index (χ1v) is 7.76. The summed E-state index contributed by atoms with van der Waals surface area (Å²) in [5.74, 6) is 3.09. The van der Waals surface area contributed by atoms with Crippen LogP contribution in [0.5, 0.6) is 0 Å². The third kappa shape index (κ3) is 2.12. The van der Waals surface area contributed by atoms with Crippen molar-refractivity contribution in [2.45, 2.75) is 59.2 Å². The van der Waals surface area contributed by atoms with E-state index in [0.29, 0.717) is 12.0 Å². The second kappa shape index (κ2) is 4.71. The Balaban J connectivity index is 1.67. The van der Waals surface area contributed by atoms with Gasteiger partial charge in [-0.3, -0.25) is 4.99 Å². The second-order valence-electron chi connectivity index (χ2n) is 7.22. The molecule has 3 rings (SSSR count). The summed E-state index contributed by atoms with van der Waals surface area (Å²) in [6.45, 7) is 11.9. The molecule has 3 heterocycles. The molecule has 6 nitrogen and oxygen atoms in total. The molecule has 0 aliphatic carbocycles. The molecular weight excluding hydrogens is 264 g/mol. The van der Waals surface area contributed by atoms with Crippen molar-refractivity contribution in [2.24, 2.45) is 10.4 Å². The molecule has 6 heteroatoms. The van der Waals surface area contributed by atoms with Gasteiger partial charge >= 0.3 is 0 Å². The maximum atomic E-state index is 4.44. The first-order valence-electron chi connectivity index (χ1n) is 7.76. The van der Waals surface area contributed by atoms with E-state index in [0.717, 1.165) is 37.1 Å². The maximum absolute atomic E-state index is 4.44. The second-order valence-corrected chi connectivity index (χ2v) is 7.22. The van der Waals surface area contributed by atoms with Crippen LogP contribution in [-0.2, 0) is 19.5 Å². The molecule has 2 aliphatic heterocycles. The molecule has 116 valence electrons. The van der Waals surface area contributed by atoms with Gasteiger partial charge in [0.25, 0.3) is 0 Å². The molecule has 21 heavy (non-hydrogen) atoms. The first-order chi connectivity index (χ1) is 9.87. The van der Waals surface area contributed by atoms with E-state index in [-0.39, 0.29) is 5.54 Å². The molecule has 0 spiro atoms. The summed E-state index contributed by atoms with van der Waals surface area (Å²) in [4.78, 5) is 6.78. The molecular formula is C15H26N6. The van der Waals surface area contributed by atoms with Crippen LogP contribution in [0.4, 0.5) is 0 Å². The average molecular weight is 290 g/mol. The van der Waals surface area contributed by atoms with Gasteiger partial charge in [0.1, 0.15) is 5.82 Å². The van der Waals surface area contributed by atoms with Crippen LogP contribution < -0.4 is 5.32 Å². The Morgan fingerprint density at radius 3 is 2.67 bits per heavy atom. The Hall–Kier alpha value is -1.59. The molecule has 0 amide bonds.